The van der Waals surface area contributed by atoms with Gasteiger partial charge in [-0.25, -0.2) is 0 Å². The van der Waals surface area contributed by atoms with Gasteiger partial charge < -0.3 is 9.40 Å². The van der Waals surface area contributed by atoms with Crippen LogP contribution in [0, 0.1) is 0 Å². The predicted molar refractivity (Wildman–Crippen MR) is 45.9 cm³/mol. The minimum Gasteiger partial charge on any atom is -0.454 e. The zero-order valence-electron chi connectivity index (χ0n) is 6.24. The Bertz CT molecular complexity index is 534. The smallest absolute Gasteiger partial charge is 0.153 e. The summed E-state index contributed by atoms with van der Waals surface area (Å²) >= 11 is 0. The Hall–Kier alpha value is -1.77. The molecule has 3 rings (SSSR count). The summed E-state index contributed by atoms with van der Waals surface area (Å²) in [7, 11) is 0. The third-order valence-electron chi connectivity index (χ3n) is 1.98. The van der Waals surface area contributed by atoms with Crippen LogP contribution in [0.2, 0.25) is 0 Å². The first kappa shape index (κ1) is 5.83. The lowest BCUT2D eigenvalue weighted by molar-refractivity contribution is 0.669. The molecule has 0 bridgehead atoms. The first-order valence-electron chi connectivity index (χ1n) is 3.75. The molecule has 0 radical (unpaired) electrons. The van der Waals surface area contributed by atoms with Crippen LogP contribution in [0.1, 0.15) is 0 Å². The zero-order valence-corrected chi connectivity index (χ0v) is 6.24. The lowest BCUT2D eigenvalue weighted by Gasteiger charge is -1.83. The minimum atomic E-state index is 0.881. The van der Waals surface area contributed by atoms with Crippen LogP contribution in [0.25, 0.3) is 22.1 Å². The molecule has 0 aliphatic carbocycles. The Kier molecular flexibility index (Phi) is 0.913. The van der Waals surface area contributed by atoms with E-state index in [0.29, 0.717) is 0 Å². The van der Waals surface area contributed by atoms with Crippen LogP contribution in [-0.2, 0) is 0 Å². The van der Waals surface area contributed by atoms with Gasteiger partial charge in [0.15, 0.2) is 5.58 Å². The fourth-order valence-electron chi connectivity index (χ4n) is 1.43. The van der Waals surface area contributed by atoms with Crippen molar-refractivity contribution in [1.82, 2.24) is 9.97 Å². The second-order valence-corrected chi connectivity index (χ2v) is 2.69. The van der Waals surface area contributed by atoms with Crippen LogP contribution in [0.4, 0.5) is 0 Å². The fraction of sp³-hybridized carbons (Fsp3) is 0. The number of nitrogens with one attached hydrogen (secondary N) is 1. The van der Waals surface area contributed by atoms with Crippen LogP contribution in [0.5, 0.6) is 0 Å². The average molecular weight is 158 g/mol. The third-order valence-corrected chi connectivity index (χ3v) is 1.98. The number of nitrogens with zero attached hydrogens (tertiary/aromatic N) is 1. The van der Waals surface area contributed by atoms with Crippen molar-refractivity contribution in [2.75, 3.05) is 0 Å². The lowest BCUT2D eigenvalue weighted by atomic mass is 10.3. The predicted octanol–water partition coefficient (Wildman–Crippen LogP) is 2.31. The average Bonchev–Trinajstić information content (AvgIpc) is 2.62. The molecule has 0 unspecified atom stereocenters. The molecule has 0 fully saturated rings. The summed E-state index contributed by atoms with van der Waals surface area (Å²) in [5.74, 6) is 0. The van der Waals surface area contributed by atoms with Gasteiger partial charge in [-0.1, -0.05) is 0 Å². The molecule has 0 atom stereocenters. The normalized spacial score (nSPS) is 11.3. The zero-order chi connectivity index (χ0) is 7.97. The molecule has 0 saturated carbocycles. The van der Waals surface area contributed by atoms with Crippen molar-refractivity contribution in [3.8, 4) is 0 Å². The highest BCUT2D eigenvalue weighted by Crippen LogP contribution is 2.25. The van der Waals surface area contributed by atoms with Crippen LogP contribution < -0.4 is 0 Å². The monoisotopic (exact) mass is 158 g/mol. The van der Waals surface area contributed by atoms with Gasteiger partial charge in [0.2, 0.25) is 0 Å². The lowest BCUT2D eigenvalue weighted by Crippen LogP contribution is -1.68. The molecule has 3 heterocycles. The van der Waals surface area contributed by atoms with Crippen molar-refractivity contribution >= 4 is 22.1 Å². The van der Waals surface area contributed by atoms with E-state index in [9.17, 15) is 0 Å². The topological polar surface area (TPSA) is 41.8 Å². The molecule has 3 aromatic heterocycles. The highest BCUT2D eigenvalue weighted by atomic mass is 16.3. The molecular formula is C9H6N2O. The van der Waals surface area contributed by atoms with E-state index in [4.69, 9.17) is 4.42 Å². The number of furan rings is 1. The van der Waals surface area contributed by atoms with Gasteiger partial charge in [0.25, 0.3) is 0 Å². The van der Waals surface area contributed by atoms with E-state index in [1.807, 2.05) is 18.3 Å². The van der Waals surface area contributed by atoms with E-state index in [2.05, 4.69) is 9.97 Å². The van der Waals surface area contributed by atoms with E-state index in [0.717, 1.165) is 22.1 Å². The minimum absolute atomic E-state index is 0.881. The molecular weight excluding hydrogens is 152 g/mol. The number of fused-ring (bicyclic) bond motifs is 3. The fourth-order valence-corrected chi connectivity index (χ4v) is 1.43. The van der Waals surface area contributed by atoms with Crippen molar-refractivity contribution in [2.24, 2.45) is 0 Å². The molecule has 3 nitrogen and oxygen atoms in total. The quantitative estimate of drug-likeness (QED) is 0.545. The first-order valence-corrected chi connectivity index (χ1v) is 3.75. The van der Waals surface area contributed by atoms with Gasteiger partial charge >= 0.3 is 0 Å². The summed E-state index contributed by atoms with van der Waals surface area (Å²) in [6.45, 7) is 0. The van der Waals surface area contributed by atoms with Crippen molar-refractivity contribution < 1.29 is 4.42 Å². The van der Waals surface area contributed by atoms with E-state index < -0.39 is 0 Å². The molecule has 3 heteroatoms. The van der Waals surface area contributed by atoms with Crippen LogP contribution in [0.3, 0.4) is 0 Å². The highest BCUT2D eigenvalue weighted by molar-refractivity contribution is 6.01. The number of aromatic amines is 1. The molecule has 0 aromatic carbocycles. The van der Waals surface area contributed by atoms with Gasteiger partial charge in [-0.3, -0.25) is 4.98 Å². The third kappa shape index (κ3) is 0.580. The summed E-state index contributed by atoms with van der Waals surface area (Å²) in [5.41, 5.74) is 2.79. The van der Waals surface area contributed by atoms with E-state index in [1.165, 1.54) is 0 Å². The Morgan fingerprint density at radius 2 is 2.25 bits per heavy atom. The number of hydrogen-bond donors (Lipinski definition) is 1. The summed E-state index contributed by atoms with van der Waals surface area (Å²) in [6, 6.07) is 3.78. The van der Waals surface area contributed by atoms with E-state index >= 15 is 0 Å². The Morgan fingerprint density at radius 3 is 3.25 bits per heavy atom. The molecule has 12 heavy (non-hydrogen) atoms. The maximum absolute atomic E-state index is 5.52. The van der Waals surface area contributed by atoms with E-state index in [-0.39, 0.29) is 0 Å². The highest BCUT2D eigenvalue weighted by Gasteiger charge is 2.05. The second-order valence-electron chi connectivity index (χ2n) is 2.69. The summed E-state index contributed by atoms with van der Waals surface area (Å²) < 4.78 is 5.52. The van der Waals surface area contributed by atoms with Crippen molar-refractivity contribution in [3.63, 3.8) is 0 Å². The Morgan fingerprint density at radius 1 is 1.25 bits per heavy atom. The maximum Gasteiger partial charge on any atom is 0.153 e. The van der Waals surface area contributed by atoms with Crippen molar-refractivity contribution in [1.29, 1.82) is 0 Å². The van der Waals surface area contributed by atoms with E-state index in [1.54, 1.807) is 12.4 Å². The van der Waals surface area contributed by atoms with Gasteiger partial charge in [-0.05, 0) is 12.1 Å². The maximum atomic E-state index is 5.52. The number of H-pyrrole nitrogens is 1. The number of aromatic nitrogens is 2. The van der Waals surface area contributed by atoms with Gasteiger partial charge in [0, 0.05) is 18.6 Å². The van der Waals surface area contributed by atoms with Gasteiger partial charge in [-0.15, -0.1) is 0 Å². The Labute approximate surface area is 68.0 Å². The SMILES string of the molecule is c1cc2oc3cc[nH]c3c2cn1. The largest absolute Gasteiger partial charge is 0.454 e. The molecule has 3 aromatic rings. The number of hydrogen-bond acceptors (Lipinski definition) is 2. The Balaban J connectivity index is 2.68. The van der Waals surface area contributed by atoms with Crippen LogP contribution in [-0.4, -0.2) is 9.97 Å². The molecule has 1 N–H and O–H groups in total. The molecule has 0 spiro atoms. The van der Waals surface area contributed by atoms with Crippen LogP contribution >= 0.6 is 0 Å². The van der Waals surface area contributed by atoms with Gasteiger partial charge in [0.05, 0.1) is 10.9 Å². The van der Waals surface area contributed by atoms with Gasteiger partial charge in [0.1, 0.15) is 5.58 Å². The summed E-state index contributed by atoms with van der Waals surface area (Å²) in [4.78, 5) is 7.14. The summed E-state index contributed by atoms with van der Waals surface area (Å²) in [5, 5.41) is 1.04. The molecule has 0 amide bonds. The second kappa shape index (κ2) is 1.88. The number of pyridine rings is 1. The van der Waals surface area contributed by atoms with Crippen LogP contribution in [0.15, 0.2) is 35.1 Å². The number of rotatable bonds is 0. The van der Waals surface area contributed by atoms with Crippen molar-refractivity contribution in [3.05, 3.63) is 30.7 Å². The molecule has 0 saturated heterocycles. The first-order chi connectivity index (χ1) is 5.95. The molecule has 0 aliphatic heterocycles. The molecule has 0 aliphatic rings. The standard InChI is InChI=1S/C9H6N2O/c1-3-10-5-6-7(1)12-8-2-4-11-9(6)8/h1-5,11H. The summed E-state index contributed by atoms with van der Waals surface area (Å²) in [6.07, 6.45) is 5.39. The molecule has 58 valence electrons. The van der Waals surface area contributed by atoms with Crippen molar-refractivity contribution in [2.45, 2.75) is 0 Å². The van der Waals surface area contributed by atoms with Gasteiger partial charge in [-0.2, -0.15) is 0 Å².